The van der Waals surface area contributed by atoms with Crippen LogP contribution in [-0.2, 0) is 6.42 Å². The van der Waals surface area contributed by atoms with Crippen molar-refractivity contribution in [3.05, 3.63) is 28.5 Å². The highest BCUT2D eigenvalue weighted by Gasteiger charge is 2.23. The molecule has 1 rings (SSSR count). The zero-order valence-electron chi connectivity index (χ0n) is 9.33. The molecule has 1 heterocycles. The lowest BCUT2D eigenvalue weighted by atomic mass is 9.88. The third kappa shape index (κ3) is 3.92. The fourth-order valence-electron chi connectivity index (χ4n) is 1.79. The van der Waals surface area contributed by atoms with Crippen molar-refractivity contribution in [1.29, 1.82) is 0 Å². The van der Waals surface area contributed by atoms with Crippen LogP contribution in [0.3, 0.4) is 0 Å². The van der Waals surface area contributed by atoms with E-state index in [0.717, 1.165) is 29.3 Å². The summed E-state index contributed by atoms with van der Waals surface area (Å²) in [5.41, 5.74) is 0.513. The van der Waals surface area contributed by atoms with Crippen LogP contribution in [0.2, 0.25) is 0 Å². The highest BCUT2D eigenvalue weighted by molar-refractivity contribution is 9.10. The van der Waals surface area contributed by atoms with Gasteiger partial charge in [-0.25, -0.2) is 0 Å². The Morgan fingerprint density at radius 1 is 1.40 bits per heavy atom. The molecular weight excluding hydrogens is 254 g/mol. The number of nitrogens with zero attached hydrogens (tertiary/aromatic N) is 1. The van der Waals surface area contributed by atoms with E-state index >= 15 is 0 Å². The zero-order chi connectivity index (χ0) is 11.3. The number of aliphatic hydroxyl groups is 1. The predicted molar refractivity (Wildman–Crippen MR) is 65.8 cm³/mol. The molecule has 0 fully saturated rings. The summed E-state index contributed by atoms with van der Waals surface area (Å²) >= 11 is 3.39. The molecule has 1 N–H and O–H groups in total. The average molecular weight is 272 g/mol. The van der Waals surface area contributed by atoms with Gasteiger partial charge in [-0.2, -0.15) is 0 Å². The van der Waals surface area contributed by atoms with Crippen LogP contribution in [0.25, 0.3) is 0 Å². The second kappa shape index (κ2) is 5.61. The van der Waals surface area contributed by atoms with E-state index < -0.39 is 5.60 Å². The lowest BCUT2D eigenvalue weighted by Crippen LogP contribution is -2.30. The Balaban J connectivity index is 2.74. The summed E-state index contributed by atoms with van der Waals surface area (Å²) in [6.07, 6.45) is 6.90. The zero-order valence-corrected chi connectivity index (χ0v) is 10.9. The highest BCUT2D eigenvalue weighted by Crippen LogP contribution is 2.23. The van der Waals surface area contributed by atoms with Gasteiger partial charge in [0.15, 0.2) is 0 Å². The van der Waals surface area contributed by atoms with Gasteiger partial charge < -0.3 is 5.11 Å². The van der Waals surface area contributed by atoms with Crippen molar-refractivity contribution in [2.75, 3.05) is 0 Å². The molecule has 0 spiro atoms. The first-order valence-electron chi connectivity index (χ1n) is 5.41. The number of rotatable bonds is 5. The van der Waals surface area contributed by atoms with Gasteiger partial charge in [0, 0.05) is 23.3 Å². The van der Waals surface area contributed by atoms with Gasteiger partial charge in [-0.05, 0) is 40.4 Å². The van der Waals surface area contributed by atoms with Crippen molar-refractivity contribution in [3.8, 4) is 0 Å². The number of pyridine rings is 1. The summed E-state index contributed by atoms with van der Waals surface area (Å²) in [7, 11) is 0. The fraction of sp³-hybridized carbons (Fsp3) is 0.583. The van der Waals surface area contributed by atoms with E-state index in [-0.39, 0.29) is 0 Å². The number of hydrogen-bond donors (Lipinski definition) is 1. The van der Waals surface area contributed by atoms with E-state index in [4.69, 9.17) is 0 Å². The van der Waals surface area contributed by atoms with E-state index in [1.165, 1.54) is 0 Å². The maximum atomic E-state index is 10.3. The third-order valence-corrected chi connectivity index (χ3v) is 3.10. The molecule has 0 saturated heterocycles. The average Bonchev–Trinajstić information content (AvgIpc) is 2.18. The molecule has 0 saturated carbocycles. The van der Waals surface area contributed by atoms with E-state index in [1.807, 2.05) is 19.2 Å². The SMILES string of the molecule is CCCC(O)(CC)Cc1cncc(Br)c1. The lowest BCUT2D eigenvalue weighted by molar-refractivity contribution is 0.0270. The van der Waals surface area contributed by atoms with E-state index in [0.29, 0.717) is 6.42 Å². The summed E-state index contributed by atoms with van der Waals surface area (Å²) < 4.78 is 0.968. The number of halogens is 1. The first kappa shape index (κ1) is 12.7. The molecule has 2 nitrogen and oxygen atoms in total. The third-order valence-electron chi connectivity index (χ3n) is 2.67. The van der Waals surface area contributed by atoms with Crippen LogP contribution >= 0.6 is 15.9 Å². The molecule has 84 valence electrons. The summed E-state index contributed by atoms with van der Waals surface area (Å²) in [5.74, 6) is 0. The summed E-state index contributed by atoms with van der Waals surface area (Å²) in [5, 5.41) is 10.3. The molecule has 0 amide bonds. The molecule has 1 unspecified atom stereocenters. The van der Waals surface area contributed by atoms with Crippen molar-refractivity contribution in [2.24, 2.45) is 0 Å². The van der Waals surface area contributed by atoms with Gasteiger partial charge in [0.2, 0.25) is 0 Å². The molecule has 0 aliphatic carbocycles. The summed E-state index contributed by atoms with van der Waals surface area (Å²) in [6, 6.07) is 2.02. The van der Waals surface area contributed by atoms with Gasteiger partial charge in [0.25, 0.3) is 0 Å². The Kier molecular flexibility index (Phi) is 4.74. The minimum Gasteiger partial charge on any atom is -0.390 e. The van der Waals surface area contributed by atoms with Crippen LogP contribution in [0.4, 0.5) is 0 Å². The van der Waals surface area contributed by atoms with Gasteiger partial charge in [0.1, 0.15) is 0 Å². The first-order valence-corrected chi connectivity index (χ1v) is 6.21. The molecule has 0 aliphatic heterocycles. The Bertz CT molecular complexity index is 316. The lowest BCUT2D eigenvalue weighted by Gasteiger charge is -2.26. The van der Waals surface area contributed by atoms with Crippen molar-refractivity contribution < 1.29 is 5.11 Å². The van der Waals surface area contributed by atoms with Gasteiger partial charge in [-0.1, -0.05) is 20.3 Å². The van der Waals surface area contributed by atoms with Crippen molar-refractivity contribution in [2.45, 2.75) is 45.1 Å². The topological polar surface area (TPSA) is 33.1 Å². The number of aromatic nitrogens is 1. The van der Waals surface area contributed by atoms with E-state index in [2.05, 4.69) is 27.8 Å². The second-order valence-corrected chi connectivity index (χ2v) is 4.93. The standard InChI is InChI=1S/C12H18BrNO/c1-3-5-12(15,4-2)7-10-6-11(13)9-14-8-10/h6,8-9,15H,3-5,7H2,1-2H3. The van der Waals surface area contributed by atoms with Crippen molar-refractivity contribution in [1.82, 2.24) is 4.98 Å². The van der Waals surface area contributed by atoms with Crippen LogP contribution in [-0.4, -0.2) is 15.7 Å². The molecule has 0 aromatic carbocycles. The Hall–Kier alpha value is -0.410. The summed E-state index contributed by atoms with van der Waals surface area (Å²) in [4.78, 5) is 4.10. The Morgan fingerprint density at radius 3 is 2.67 bits per heavy atom. The van der Waals surface area contributed by atoms with Crippen LogP contribution in [0.15, 0.2) is 22.9 Å². The Labute approximate surface area is 99.9 Å². The van der Waals surface area contributed by atoms with Crippen molar-refractivity contribution in [3.63, 3.8) is 0 Å². The van der Waals surface area contributed by atoms with Crippen molar-refractivity contribution >= 4 is 15.9 Å². The van der Waals surface area contributed by atoms with Crippen LogP contribution in [0, 0.1) is 0 Å². The smallest absolute Gasteiger partial charge is 0.0685 e. The molecular formula is C12H18BrNO. The van der Waals surface area contributed by atoms with Crippen LogP contribution in [0.1, 0.15) is 38.7 Å². The molecule has 1 aromatic heterocycles. The van der Waals surface area contributed by atoms with Gasteiger partial charge >= 0.3 is 0 Å². The fourth-order valence-corrected chi connectivity index (χ4v) is 2.20. The van der Waals surface area contributed by atoms with Gasteiger partial charge in [-0.3, -0.25) is 4.98 Å². The maximum Gasteiger partial charge on any atom is 0.0685 e. The molecule has 1 atom stereocenters. The Morgan fingerprint density at radius 2 is 2.13 bits per heavy atom. The largest absolute Gasteiger partial charge is 0.390 e. The van der Waals surface area contributed by atoms with Crippen LogP contribution < -0.4 is 0 Å². The molecule has 3 heteroatoms. The molecule has 0 radical (unpaired) electrons. The first-order chi connectivity index (χ1) is 7.09. The van der Waals surface area contributed by atoms with Crippen LogP contribution in [0.5, 0.6) is 0 Å². The normalized spacial score (nSPS) is 14.9. The van der Waals surface area contributed by atoms with E-state index in [9.17, 15) is 5.11 Å². The van der Waals surface area contributed by atoms with Gasteiger partial charge in [-0.15, -0.1) is 0 Å². The summed E-state index contributed by atoms with van der Waals surface area (Å²) in [6.45, 7) is 4.13. The molecule has 0 bridgehead atoms. The highest BCUT2D eigenvalue weighted by atomic mass is 79.9. The molecule has 0 aliphatic rings. The predicted octanol–water partition coefficient (Wildman–Crippen LogP) is 3.33. The molecule has 15 heavy (non-hydrogen) atoms. The minimum absolute atomic E-state index is 0.572. The maximum absolute atomic E-state index is 10.3. The molecule has 1 aromatic rings. The quantitative estimate of drug-likeness (QED) is 0.891. The number of hydrogen-bond acceptors (Lipinski definition) is 2. The minimum atomic E-state index is -0.572. The monoisotopic (exact) mass is 271 g/mol. The van der Waals surface area contributed by atoms with E-state index in [1.54, 1.807) is 6.20 Å². The van der Waals surface area contributed by atoms with Gasteiger partial charge in [0.05, 0.1) is 5.60 Å². The second-order valence-electron chi connectivity index (χ2n) is 4.02.